The van der Waals surface area contributed by atoms with Crippen LogP contribution in [0.15, 0.2) is 6.20 Å². The molecule has 1 aromatic heterocycles. The first-order chi connectivity index (χ1) is 6.61. The van der Waals surface area contributed by atoms with E-state index in [1.807, 2.05) is 11.9 Å². The van der Waals surface area contributed by atoms with Gasteiger partial charge in [0.1, 0.15) is 0 Å². The van der Waals surface area contributed by atoms with Crippen LogP contribution in [0.4, 0.5) is 5.13 Å². The summed E-state index contributed by atoms with van der Waals surface area (Å²) in [6.07, 6.45) is 1.72. The summed E-state index contributed by atoms with van der Waals surface area (Å²) in [6.45, 7) is 0.929. The number of hydrogen-bond acceptors (Lipinski definition) is 6. The number of nitrogens with two attached hydrogens (primary N) is 1. The fourth-order valence-corrected chi connectivity index (χ4v) is 1.77. The topological polar surface area (TPSA) is 68.5 Å². The summed E-state index contributed by atoms with van der Waals surface area (Å²) in [5.74, 6) is -0.245. The predicted octanol–water partition coefficient (Wildman–Crippen LogP) is 0.330. The molecule has 0 radical (unpaired) electrons. The van der Waals surface area contributed by atoms with E-state index in [1.54, 1.807) is 6.20 Å². The van der Waals surface area contributed by atoms with Crippen molar-refractivity contribution in [2.45, 2.75) is 6.54 Å². The number of anilines is 1. The molecule has 1 aromatic rings. The van der Waals surface area contributed by atoms with Gasteiger partial charge < -0.3 is 10.5 Å². The fraction of sp³-hybridized carbons (Fsp3) is 0.500. The molecule has 1 rings (SSSR count). The molecular formula is C8H13N3O2S. The van der Waals surface area contributed by atoms with Crippen LogP contribution in [0.1, 0.15) is 4.88 Å². The highest BCUT2D eigenvalue weighted by atomic mass is 32.1. The third-order valence-corrected chi connectivity index (χ3v) is 2.44. The van der Waals surface area contributed by atoms with Gasteiger partial charge in [0.2, 0.25) is 0 Å². The molecule has 0 aromatic carbocycles. The van der Waals surface area contributed by atoms with E-state index in [4.69, 9.17) is 5.73 Å². The van der Waals surface area contributed by atoms with Crippen LogP contribution in [0.2, 0.25) is 0 Å². The Bertz CT molecular complexity index is 313. The van der Waals surface area contributed by atoms with E-state index < -0.39 is 0 Å². The molecule has 5 nitrogen and oxygen atoms in total. The Morgan fingerprint density at radius 2 is 2.50 bits per heavy atom. The molecule has 6 heteroatoms. The van der Waals surface area contributed by atoms with E-state index in [1.165, 1.54) is 18.4 Å². The summed E-state index contributed by atoms with van der Waals surface area (Å²) < 4.78 is 4.55. The average molecular weight is 215 g/mol. The van der Waals surface area contributed by atoms with Crippen LogP contribution >= 0.6 is 11.3 Å². The summed E-state index contributed by atoms with van der Waals surface area (Å²) in [5, 5.41) is 0.548. The molecule has 0 saturated carbocycles. The number of hydrogen-bond donors (Lipinski definition) is 1. The molecule has 78 valence electrons. The van der Waals surface area contributed by atoms with Crippen molar-refractivity contribution in [1.29, 1.82) is 0 Å². The third kappa shape index (κ3) is 3.31. The van der Waals surface area contributed by atoms with Gasteiger partial charge in [-0.1, -0.05) is 0 Å². The van der Waals surface area contributed by atoms with E-state index in [0.29, 0.717) is 11.7 Å². The van der Waals surface area contributed by atoms with Gasteiger partial charge in [0.05, 0.1) is 13.7 Å². The van der Waals surface area contributed by atoms with E-state index in [0.717, 1.165) is 4.88 Å². The minimum Gasteiger partial charge on any atom is -0.468 e. The lowest BCUT2D eigenvalue weighted by molar-refractivity contribution is -0.141. The Morgan fingerprint density at radius 3 is 3.00 bits per heavy atom. The fourth-order valence-electron chi connectivity index (χ4n) is 1.00. The maximum absolute atomic E-state index is 10.9. The summed E-state index contributed by atoms with van der Waals surface area (Å²) >= 11 is 1.42. The lowest BCUT2D eigenvalue weighted by Crippen LogP contribution is -2.25. The molecule has 1 heterocycles. The third-order valence-electron chi connectivity index (χ3n) is 1.62. The summed E-state index contributed by atoms with van der Waals surface area (Å²) in [5.41, 5.74) is 5.48. The first-order valence-electron chi connectivity index (χ1n) is 4.07. The maximum atomic E-state index is 10.9. The van der Waals surface area contributed by atoms with Crippen molar-refractivity contribution in [3.63, 3.8) is 0 Å². The SMILES string of the molecule is COC(=O)CN(C)Cc1cnc(N)s1. The van der Waals surface area contributed by atoms with Crippen molar-refractivity contribution in [2.75, 3.05) is 26.4 Å². The molecule has 0 bridgehead atoms. The van der Waals surface area contributed by atoms with Crippen LogP contribution < -0.4 is 5.73 Å². The predicted molar refractivity (Wildman–Crippen MR) is 54.9 cm³/mol. The van der Waals surface area contributed by atoms with Gasteiger partial charge in [-0.3, -0.25) is 9.69 Å². The molecule has 0 amide bonds. The molecule has 0 atom stereocenters. The minimum atomic E-state index is -0.245. The van der Waals surface area contributed by atoms with Crippen molar-refractivity contribution in [1.82, 2.24) is 9.88 Å². The number of ether oxygens (including phenoxy) is 1. The Kier molecular flexibility index (Phi) is 3.84. The highest BCUT2D eigenvalue weighted by Gasteiger charge is 2.08. The van der Waals surface area contributed by atoms with Gasteiger partial charge in [-0.05, 0) is 7.05 Å². The van der Waals surface area contributed by atoms with Crippen molar-refractivity contribution in [2.24, 2.45) is 0 Å². The maximum Gasteiger partial charge on any atom is 0.319 e. The second kappa shape index (κ2) is 4.92. The lowest BCUT2D eigenvalue weighted by atomic mass is 10.4. The zero-order valence-corrected chi connectivity index (χ0v) is 9.00. The van der Waals surface area contributed by atoms with E-state index in [9.17, 15) is 4.79 Å². The number of rotatable bonds is 4. The quantitative estimate of drug-likeness (QED) is 0.733. The van der Waals surface area contributed by atoms with Gasteiger partial charge in [-0.2, -0.15) is 0 Å². The minimum absolute atomic E-state index is 0.245. The molecule has 0 aliphatic heterocycles. The number of nitrogen functional groups attached to an aromatic ring is 1. The Morgan fingerprint density at radius 1 is 1.79 bits per heavy atom. The molecule has 0 fully saturated rings. The molecule has 0 aliphatic rings. The van der Waals surface area contributed by atoms with Crippen molar-refractivity contribution < 1.29 is 9.53 Å². The number of esters is 1. The summed E-state index contributed by atoms with van der Waals surface area (Å²) in [7, 11) is 3.22. The normalized spacial score (nSPS) is 10.5. The van der Waals surface area contributed by atoms with E-state index in [2.05, 4.69) is 9.72 Å². The van der Waals surface area contributed by atoms with Crippen LogP contribution in [0.5, 0.6) is 0 Å². The molecule has 14 heavy (non-hydrogen) atoms. The van der Waals surface area contributed by atoms with Crippen LogP contribution in [0, 0.1) is 0 Å². The first-order valence-corrected chi connectivity index (χ1v) is 4.89. The smallest absolute Gasteiger partial charge is 0.319 e. The number of carbonyl (C=O) groups excluding carboxylic acids is 1. The van der Waals surface area contributed by atoms with Crippen LogP contribution in [-0.4, -0.2) is 36.6 Å². The van der Waals surface area contributed by atoms with Gasteiger partial charge in [-0.25, -0.2) is 4.98 Å². The zero-order valence-electron chi connectivity index (χ0n) is 8.19. The van der Waals surface area contributed by atoms with Crippen LogP contribution in [0.3, 0.4) is 0 Å². The van der Waals surface area contributed by atoms with E-state index in [-0.39, 0.29) is 12.5 Å². The van der Waals surface area contributed by atoms with Crippen molar-refractivity contribution in [3.05, 3.63) is 11.1 Å². The monoisotopic (exact) mass is 215 g/mol. The second-order valence-corrected chi connectivity index (χ2v) is 4.06. The molecule has 2 N–H and O–H groups in total. The number of methoxy groups -OCH3 is 1. The van der Waals surface area contributed by atoms with Crippen LogP contribution in [0.25, 0.3) is 0 Å². The molecular weight excluding hydrogens is 202 g/mol. The second-order valence-electron chi connectivity index (χ2n) is 2.91. The van der Waals surface area contributed by atoms with Gasteiger partial charge in [0.15, 0.2) is 5.13 Å². The van der Waals surface area contributed by atoms with Gasteiger partial charge in [-0.15, -0.1) is 11.3 Å². The summed E-state index contributed by atoms with van der Waals surface area (Å²) in [4.78, 5) is 17.7. The highest BCUT2D eigenvalue weighted by Crippen LogP contribution is 2.15. The standard InChI is InChI=1S/C8H13N3O2S/c1-11(5-7(12)13-2)4-6-3-10-8(9)14-6/h3H,4-5H2,1-2H3,(H2,9,10). The highest BCUT2D eigenvalue weighted by molar-refractivity contribution is 7.15. The molecule has 0 unspecified atom stereocenters. The molecule has 0 saturated heterocycles. The Balaban J connectivity index is 2.41. The Hall–Kier alpha value is -1.14. The largest absolute Gasteiger partial charge is 0.468 e. The number of thiazole rings is 1. The van der Waals surface area contributed by atoms with Gasteiger partial charge >= 0.3 is 5.97 Å². The van der Waals surface area contributed by atoms with E-state index >= 15 is 0 Å². The Labute approximate surface area is 86.5 Å². The number of aromatic nitrogens is 1. The first kappa shape index (κ1) is 10.9. The number of carbonyl (C=O) groups is 1. The van der Waals surface area contributed by atoms with Crippen molar-refractivity contribution in [3.8, 4) is 0 Å². The van der Waals surface area contributed by atoms with Gasteiger partial charge in [0, 0.05) is 17.6 Å². The molecule has 0 aliphatic carbocycles. The molecule has 0 spiro atoms. The van der Waals surface area contributed by atoms with Crippen molar-refractivity contribution >= 4 is 22.4 Å². The number of nitrogens with zero attached hydrogens (tertiary/aromatic N) is 2. The van der Waals surface area contributed by atoms with Gasteiger partial charge in [0.25, 0.3) is 0 Å². The lowest BCUT2D eigenvalue weighted by Gasteiger charge is -2.12. The average Bonchev–Trinajstić information content (AvgIpc) is 2.50. The zero-order chi connectivity index (χ0) is 10.6. The van der Waals surface area contributed by atoms with Crippen LogP contribution in [-0.2, 0) is 16.1 Å². The summed E-state index contributed by atoms with van der Waals surface area (Å²) in [6, 6.07) is 0. The number of likely N-dealkylation sites (N-methyl/N-ethyl adjacent to an activating group) is 1.